The highest BCUT2D eigenvalue weighted by atomic mass is 16.2. The summed E-state index contributed by atoms with van der Waals surface area (Å²) in [6, 6.07) is 3.99. The molecule has 1 fully saturated rings. The number of amides is 1. The van der Waals surface area contributed by atoms with Gasteiger partial charge in [0.2, 0.25) is 0 Å². The van der Waals surface area contributed by atoms with Gasteiger partial charge in [-0.2, -0.15) is 0 Å². The molecule has 1 amide bonds. The summed E-state index contributed by atoms with van der Waals surface area (Å²) in [4.78, 5) is 18.2. The van der Waals surface area contributed by atoms with Gasteiger partial charge in [0, 0.05) is 30.9 Å². The molecule has 1 aromatic heterocycles. The van der Waals surface area contributed by atoms with Gasteiger partial charge in [-0.05, 0) is 31.9 Å². The number of pyridine rings is 1. The van der Waals surface area contributed by atoms with Crippen LogP contribution in [0.1, 0.15) is 35.8 Å². The Kier molecular flexibility index (Phi) is 3.19. The van der Waals surface area contributed by atoms with Crippen LogP contribution in [-0.2, 0) is 6.54 Å². The third kappa shape index (κ3) is 2.22. The Morgan fingerprint density at radius 2 is 2.38 bits per heavy atom. The fourth-order valence-electron chi connectivity index (χ4n) is 1.84. The molecule has 2 rings (SSSR count). The lowest BCUT2D eigenvalue weighted by atomic mass is 10.2. The first-order valence-electron chi connectivity index (χ1n) is 5.72. The summed E-state index contributed by atoms with van der Waals surface area (Å²) in [6.07, 6.45) is 3.92. The normalized spacial score (nSPS) is 14.9. The third-order valence-electron chi connectivity index (χ3n) is 2.86. The zero-order valence-electron chi connectivity index (χ0n) is 9.52. The Hall–Kier alpha value is -1.42. The first-order chi connectivity index (χ1) is 7.76. The lowest BCUT2D eigenvalue weighted by molar-refractivity contribution is 0.0752. The van der Waals surface area contributed by atoms with E-state index >= 15 is 0 Å². The maximum atomic E-state index is 12.2. The second-order valence-electron chi connectivity index (χ2n) is 4.06. The van der Waals surface area contributed by atoms with Crippen molar-refractivity contribution in [2.75, 3.05) is 6.54 Å². The van der Waals surface area contributed by atoms with E-state index in [-0.39, 0.29) is 5.91 Å². The molecular weight excluding hydrogens is 202 g/mol. The Balaban J connectivity index is 2.18. The molecule has 0 bridgehead atoms. The summed E-state index contributed by atoms with van der Waals surface area (Å²) in [5.41, 5.74) is 6.97. The van der Waals surface area contributed by atoms with Crippen LogP contribution in [-0.4, -0.2) is 28.4 Å². The molecule has 0 spiro atoms. The van der Waals surface area contributed by atoms with E-state index in [4.69, 9.17) is 5.73 Å². The summed E-state index contributed by atoms with van der Waals surface area (Å²) >= 11 is 0. The van der Waals surface area contributed by atoms with Crippen molar-refractivity contribution < 1.29 is 4.79 Å². The highest BCUT2D eigenvalue weighted by Gasteiger charge is 2.31. The van der Waals surface area contributed by atoms with Crippen molar-refractivity contribution in [3.8, 4) is 0 Å². The zero-order chi connectivity index (χ0) is 11.5. The largest absolute Gasteiger partial charge is 0.336 e. The SMILES string of the molecule is CCN(C(=O)c1ccnc(CN)c1)C1CC1. The van der Waals surface area contributed by atoms with Crippen molar-refractivity contribution in [1.82, 2.24) is 9.88 Å². The fourth-order valence-corrected chi connectivity index (χ4v) is 1.84. The second kappa shape index (κ2) is 4.61. The molecule has 1 aliphatic rings. The van der Waals surface area contributed by atoms with Crippen LogP contribution in [0.15, 0.2) is 18.3 Å². The van der Waals surface area contributed by atoms with Crippen LogP contribution in [0.3, 0.4) is 0 Å². The maximum Gasteiger partial charge on any atom is 0.254 e. The maximum absolute atomic E-state index is 12.2. The van der Waals surface area contributed by atoms with E-state index in [1.807, 2.05) is 11.8 Å². The van der Waals surface area contributed by atoms with Crippen molar-refractivity contribution in [1.29, 1.82) is 0 Å². The molecule has 4 nitrogen and oxygen atoms in total. The van der Waals surface area contributed by atoms with Crippen molar-refractivity contribution in [3.63, 3.8) is 0 Å². The number of rotatable bonds is 4. The van der Waals surface area contributed by atoms with Crippen LogP contribution < -0.4 is 5.73 Å². The molecule has 1 aromatic rings. The number of hydrogen-bond donors (Lipinski definition) is 1. The van der Waals surface area contributed by atoms with E-state index in [1.54, 1.807) is 18.3 Å². The van der Waals surface area contributed by atoms with Crippen molar-refractivity contribution in [2.45, 2.75) is 32.4 Å². The molecule has 0 radical (unpaired) electrons. The quantitative estimate of drug-likeness (QED) is 0.826. The standard InChI is InChI=1S/C12H17N3O/c1-2-15(11-3-4-11)12(16)9-5-6-14-10(7-9)8-13/h5-7,11H,2-4,8,13H2,1H3. The first-order valence-corrected chi connectivity index (χ1v) is 5.72. The molecule has 0 saturated heterocycles. The lowest BCUT2D eigenvalue weighted by Gasteiger charge is -2.20. The molecule has 16 heavy (non-hydrogen) atoms. The van der Waals surface area contributed by atoms with E-state index in [0.717, 1.165) is 25.1 Å². The smallest absolute Gasteiger partial charge is 0.254 e. The predicted octanol–water partition coefficient (Wildman–Crippen LogP) is 1.16. The van der Waals surface area contributed by atoms with Gasteiger partial charge in [-0.15, -0.1) is 0 Å². The Morgan fingerprint density at radius 3 is 2.94 bits per heavy atom. The highest BCUT2D eigenvalue weighted by Crippen LogP contribution is 2.27. The highest BCUT2D eigenvalue weighted by molar-refractivity contribution is 5.94. The number of aromatic nitrogens is 1. The van der Waals surface area contributed by atoms with E-state index in [2.05, 4.69) is 4.98 Å². The zero-order valence-corrected chi connectivity index (χ0v) is 9.52. The van der Waals surface area contributed by atoms with Gasteiger partial charge >= 0.3 is 0 Å². The average Bonchev–Trinajstić information content (AvgIpc) is 3.14. The molecular formula is C12H17N3O. The van der Waals surface area contributed by atoms with Crippen molar-refractivity contribution in [3.05, 3.63) is 29.6 Å². The van der Waals surface area contributed by atoms with Gasteiger partial charge in [-0.25, -0.2) is 0 Å². The molecule has 2 N–H and O–H groups in total. The first kappa shape index (κ1) is 11.1. The third-order valence-corrected chi connectivity index (χ3v) is 2.86. The molecule has 0 unspecified atom stereocenters. The van der Waals surface area contributed by atoms with Crippen LogP contribution in [0.5, 0.6) is 0 Å². The van der Waals surface area contributed by atoms with Gasteiger partial charge in [0.15, 0.2) is 0 Å². The van der Waals surface area contributed by atoms with Crippen LogP contribution in [0.4, 0.5) is 0 Å². The van der Waals surface area contributed by atoms with Gasteiger partial charge in [0.25, 0.3) is 5.91 Å². The number of carbonyl (C=O) groups is 1. The van der Waals surface area contributed by atoms with Crippen LogP contribution in [0.25, 0.3) is 0 Å². The summed E-state index contributed by atoms with van der Waals surface area (Å²) in [6.45, 7) is 3.15. The number of nitrogens with two attached hydrogens (primary N) is 1. The van der Waals surface area contributed by atoms with Crippen molar-refractivity contribution in [2.24, 2.45) is 5.73 Å². The Morgan fingerprint density at radius 1 is 1.62 bits per heavy atom. The van der Waals surface area contributed by atoms with Gasteiger partial charge in [0.05, 0.1) is 5.69 Å². The molecule has 1 aliphatic carbocycles. The second-order valence-corrected chi connectivity index (χ2v) is 4.06. The Labute approximate surface area is 95.5 Å². The summed E-state index contributed by atoms with van der Waals surface area (Å²) in [5.74, 6) is 0.0992. The molecule has 1 heterocycles. The van der Waals surface area contributed by atoms with Crippen LogP contribution >= 0.6 is 0 Å². The van der Waals surface area contributed by atoms with E-state index in [1.165, 1.54) is 0 Å². The van der Waals surface area contributed by atoms with E-state index < -0.39 is 0 Å². The molecule has 0 aliphatic heterocycles. The van der Waals surface area contributed by atoms with E-state index in [0.29, 0.717) is 18.2 Å². The summed E-state index contributed by atoms with van der Waals surface area (Å²) in [7, 11) is 0. The number of carbonyl (C=O) groups excluding carboxylic acids is 1. The van der Waals surface area contributed by atoms with E-state index in [9.17, 15) is 4.79 Å². The van der Waals surface area contributed by atoms with Gasteiger partial charge in [-0.1, -0.05) is 0 Å². The minimum atomic E-state index is 0.0992. The topological polar surface area (TPSA) is 59.2 Å². The minimum absolute atomic E-state index is 0.0992. The number of nitrogens with zero attached hydrogens (tertiary/aromatic N) is 2. The molecule has 4 heteroatoms. The monoisotopic (exact) mass is 219 g/mol. The van der Waals surface area contributed by atoms with Crippen molar-refractivity contribution >= 4 is 5.91 Å². The van der Waals surface area contributed by atoms with Gasteiger partial charge < -0.3 is 10.6 Å². The minimum Gasteiger partial charge on any atom is -0.336 e. The lowest BCUT2D eigenvalue weighted by Crippen LogP contribution is -2.32. The number of hydrogen-bond acceptors (Lipinski definition) is 3. The molecule has 86 valence electrons. The Bertz CT molecular complexity index is 388. The summed E-state index contributed by atoms with van der Waals surface area (Å²) in [5, 5.41) is 0. The van der Waals surface area contributed by atoms with Crippen LogP contribution in [0.2, 0.25) is 0 Å². The molecule has 0 aromatic carbocycles. The molecule has 1 saturated carbocycles. The van der Waals surface area contributed by atoms with Gasteiger partial charge in [-0.3, -0.25) is 9.78 Å². The van der Waals surface area contributed by atoms with Gasteiger partial charge in [0.1, 0.15) is 0 Å². The summed E-state index contributed by atoms with van der Waals surface area (Å²) < 4.78 is 0. The average molecular weight is 219 g/mol. The predicted molar refractivity (Wildman–Crippen MR) is 61.9 cm³/mol. The van der Waals surface area contributed by atoms with Crippen LogP contribution in [0, 0.1) is 0 Å². The molecule has 0 atom stereocenters. The fraction of sp³-hybridized carbons (Fsp3) is 0.500.